The number of nitrogens with one attached hydrogen (secondary N) is 1. The van der Waals surface area contributed by atoms with Crippen LogP contribution in [-0.2, 0) is 16.6 Å². The average Bonchev–Trinajstić information content (AvgIpc) is 2.83. The van der Waals surface area contributed by atoms with Crippen LogP contribution in [0, 0.1) is 0 Å². The van der Waals surface area contributed by atoms with Crippen LogP contribution < -0.4 is 4.72 Å². The van der Waals surface area contributed by atoms with Crippen molar-refractivity contribution in [3.05, 3.63) is 18.0 Å². The summed E-state index contributed by atoms with van der Waals surface area (Å²) >= 11 is 0. The number of aliphatic hydroxyl groups excluding tert-OH is 1. The minimum Gasteiger partial charge on any atom is -0.390 e. The Bertz CT molecular complexity index is 550. The van der Waals surface area contributed by atoms with Crippen molar-refractivity contribution in [2.24, 2.45) is 0 Å². The predicted molar refractivity (Wildman–Crippen MR) is 83.7 cm³/mol. The summed E-state index contributed by atoms with van der Waals surface area (Å²) in [5.74, 6) is 0. The maximum Gasteiger partial charge on any atom is 0.242 e. The molecule has 0 unspecified atom stereocenters. The number of aliphatic hydroxyl groups is 1. The normalized spacial score (nSPS) is 12.8. The van der Waals surface area contributed by atoms with Crippen molar-refractivity contribution in [1.29, 1.82) is 0 Å². The Balaban J connectivity index is 2.79. The van der Waals surface area contributed by atoms with Gasteiger partial charge in [-0.3, -0.25) is 0 Å². The Morgan fingerprint density at radius 2 is 1.95 bits per heavy atom. The molecule has 0 aliphatic rings. The van der Waals surface area contributed by atoms with Gasteiger partial charge in [0, 0.05) is 37.1 Å². The van der Waals surface area contributed by atoms with Gasteiger partial charge < -0.3 is 14.6 Å². The fourth-order valence-electron chi connectivity index (χ4n) is 1.95. The van der Waals surface area contributed by atoms with Crippen molar-refractivity contribution in [2.75, 3.05) is 20.1 Å². The van der Waals surface area contributed by atoms with Gasteiger partial charge >= 0.3 is 0 Å². The van der Waals surface area contributed by atoms with E-state index in [9.17, 15) is 13.5 Å². The number of aromatic nitrogens is 1. The summed E-state index contributed by atoms with van der Waals surface area (Å²) in [6.07, 6.45) is 1.57. The van der Waals surface area contributed by atoms with Gasteiger partial charge in [-0.15, -0.1) is 0 Å². The van der Waals surface area contributed by atoms with Gasteiger partial charge in [-0.2, -0.15) is 0 Å². The fraction of sp³-hybridized carbons (Fsp3) is 0.714. The summed E-state index contributed by atoms with van der Waals surface area (Å²) in [4.78, 5) is 2.27. The van der Waals surface area contributed by atoms with Gasteiger partial charge in [0.15, 0.2) is 0 Å². The lowest BCUT2D eigenvalue weighted by Gasteiger charge is -2.20. The molecule has 0 saturated carbocycles. The largest absolute Gasteiger partial charge is 0.390 e. The van der Waals surface area contributed by atoms with Crippen molar-refractivity contribution < 1.29 is 13.5 Å². The standard InChI is InChI=1S/C14H27N3O3S/c1-11(2)16(5)7-6-15-21(19,20)14-8-13(10-18)17(9-14)12(3)4/h8-9,11-12,15,18H,6-7,10H2,1-5H3. The van der Waals surface area contributed by atoms with E-state index in [0.717, 1.165) is 0 Å². The summed E-state index contributed by atoms with van der Waals surface area (Å²) in [5.41, 5.74) is 0.602. The first-order valence-electron chi connectivity index (χ1n) is 7.20. The highest BCUT2D eigenvalue weighted by atomic mass is 32.2. The van der Waals surface area contributed by atoms with Crippen molar-refractivity contribution in [3.8, 4) is 0 Å². The Labute approximate surface area is 127 Å². The summed E-state index contributed by atoms with van der Waals surface area (Å²) < 4.78 is 28.9. The van der Waals surface area contributed by atoms with Crippen LogP contribution >= 0.6 is 0 Å². The Morgan fingerprint density at radius 3 is 2.38 bits per heavy atom. The van der Waals surface area contributed by atoms with Gasteiger partial charge in [0.05, 0.1) is 11.5 Å². The Kier molecular flexibility index (Phi) is 6.40. The van der Waals surface area contributed by atoms with Gasteiger partial charge in [-0.25, -0.2) is 13.1 Å². The molecule has 1 aromatic rings. The molecule has 0 radical (unpaired) electrons. The highest BCUT2D eigenvalue weighted by Crippen LogP contribution is 2.18. The maximum atomic E-state index is 12.3. The zero-order valence-electron chi connectivity index (χ0n) is 13.5. The molecule has 1 aromatic heterocycles. The number of likely N-dealkylation sites (N-methyl/N-ethyl adjacent to an activating group) is 1. The molecule has 122 valence electrons. The van der Waals surface area contributed by atoms with Gasteiger partial charge in [0.2, 0.25) is 10.0 Å². The Hall–Kier alpha value is -0.890. The van der Waals surface area contributed by atoms with E-state index in [-0.39, 0.29) is 17.5 Å². The van der Waals surface area contributed by atoms with Crippen LogP contribution in [-0.4, -0.2) is 49.2 Å². The SMILES string of the molecule is CC(C)N(C)CCNS(=O)(=O)c1cc(CO)n(C(C)C)c1. The molecular formula is C14H27N3O3S. The van der Waals surface area contributed by atoms with E-state index in [1.807, 2.05) is 20.9 Å². The smallest absolute Gasteiger partial charge is 0.242 e. The van der Waals surface area contributed by atoms with E-state index in [1.165, 1.54) is 6.07 Å². The highest BCUT2D eigenvalue weighted by molar-refractivity contribution is 7.89. The van der Waals surface area contributed by atoms with E-state index >= 15 is 0 Å². The van der Waals surface area contributed by atoms with Crippen LogP contribution in [0.25, 0.3) is 0 Å². The molecule has 21 heavy (non-hydrogen) atoms. The monoisotopic (exact) mass is 317 g/mol. The number of hydrogen-bond donors (Lipinski definition) is 2. The lowest BCUT2D eigenvalue weighted by Crippen LogP contribution is -2.36. The second kappa shape index (κ2) is 7.40. The van der Waals surface area contributed by atoms with E-state index in [4.69, 9.17) is 0 Å². The molecule has 1 heterocycles. The average molecular weight is 317 g/mol. The third-order valence-electron chi connectivity index (χ3n) is 3.57. The molecule has 0 saturated heterocycles. The van der Waals surface area contributed by atoms with Crippen molar-refractivity contribution in [1.82, 2.24) is 14.2 Å². The zero-order valence-corrected chi connectivity index (χ0v) is 14.3. The molecule has 1 rings (SSSR count). The van der Waals surface area contributed by atoms with Crippen molar-refractivity contribution in [2.45, 2.75) is 51.3 Å². The Morgan fingerprint density at radius 1 is 1.33 bits per heavy atom. The third-order valence-corrected chi connectivity index (χ3v) is 5.00. The first-order valence-corrected chi connectivity index (χ1v) is 8.69. The van der Waals surface area contributed by atoms with Crippen LogP contribution in [0.15, 0.2) is 17.2 Å². The quantitative estimate of drug-likeness (QED) is 0.755. The molecule has 7 heteroatoms. The summed E-state index contributed by atoms with van der Waals surface area (Å²) in [7, 11) is -1.58. The molecule has 0 atom stereocenters. The lowest BCUT2D eigenvalue weighted by molar-refractivity contribution is 0.268. The van der Waals surface area contributed by atoms with E-state index in [0.29, 0.717) is 24.8 Å². The third kappa shape index (κ3) is 4.81. The van der Waals surface area contributed by atoms with E-state index < -0.39 is 10.0 Å². The molecule has 0 spiro atoms. The molecule has 6 nitrogen and oxygen atoms in total. The van der Waals surface area contributed by atoms with Crippen LogP contribution in [0.3, 0.4) is 0 Å². The van der Waals surface area contributed by atoms with Crippen molar-refractivity contribution >= 4 is 10.0 Å². The summed E-state index contributed by atoms with van der Waals surface area (Å²) in [6.45, 7) is 8.84. The summed E-state index contributed by atoms with van der Waals surface area (Å²) in [5, 5.41) is 9.31. The van der Waals surface area contributed by atoms with Crippen LogP contribution in [0.1, 0.15) is 39.4 Å². The second-order valence-corrected chi connectivity index (χ2v) is 7.57. The van der Waals surface area contributed by atoms with Crippen LogP contribution in [0.2, 0.25) is 0 Å². The maximum absolute atomic E-state index is 12.3. The van der Waals surface area contributed by atoms with Gasteiger partial charge in [0.25, 0.3) is 0 Å². The van der Waals surface area contributed by atoms with Crippen LogP contribution in [0.4, 0.5) is 0 Å². The topological polar surface area (TPSA) is 74.6 Å². The molecule has 0 aromatic carbocycles. The minimum absolute atomic E-state index is 0.100. The molecule has 0 amide bonds. The predicted octanol–water partition coefficient (Wildman–Crippen LogP) is 1.18. The van der Waals surface area contributed by atoms with Gasteiger partial charge in [0.1, 0.15) is 0 Å². The molecule has 0 aliphatic carbocycles. The van der Waals surface area contributed by atoms with Gasteiger partial charge in [-0.05, 0) is 40.8 Å². The fourth-order valence-corrected chi connectivity index (χ4v) is 3.02. The number of rotatable bonds is 8. The molecule has 0 aliphatic heterocycles. The van der Waals surface area contributed by atoms with Gasteiger partial charge in [-0.1, -0.05) is 0 Å². The summed E-state index contributed by atoms with van der Waals surface area (Å²) in [6, 6.07) is 2.00. The lowest BCUT2D eigenvalue weighted by atomic mass is 10.3. The number of nitrogens with zero attached hydrogens (tertiary/aromatic N) is 2. The van der Waals surface area contributed by atoms with E-state index in [2.05, 4.69) is 23.5 Å². The van der Waals surface area contributed by atoms with Crippen molar-refractivity contribution in [3.63, 3.8) is 0 Å². The zero-order chi connectivity index (χ0) is 16.2. The molecule has 0 bridgehead atoms. The molecule has 0 fully saturated rings. The number of sulfonamides is 1. The second-order valence-electron chi connectivity index (χ2n) is 5.80. The number of hydrogen-bond acceptors (Lipinski definition) is 4. The highest BCUT2D eigenvalue weighted by Gasteiger charge is 2.19. The molecule has 2 N–H and O–H groups in total. The first kappa shape index (κ1) is 18.2. The minimum atomic E-state index is -3.54. The molecular weight excluding hydrogens is 290 g/mol. The first-order chi connectivity index (χ1) is 9.69. The van der Waals surface area contributed by atoms with Crippen LogP contribution in [0.5, 0.6) is 0 Å². The van der Waals surface area contributed by atoms with E-state index in [1.54, 1.807) is 10.8 Å².